The van der Waals surface area contributed by atoms with Crippen LogP contribution in [0.5, 0.6) is 0 Å². The van der Waals surface area contributed by atoms with Gasteiger partial charge in [0.1, 0.15) is 5.82 Å². The van der Waals surface area contributed by atoms with Gasteiger partial charge < -0.3 is 9.30 Å². The second-order valence-electron chi connectivity index (χ2n) is 4.72. The molecule has 5 heteroatoms. The molecular weight excluding hydrogens is 234 g/mol. The number of hydrogen-bond donors (Lipinski definition) is 1. The van der Waals surface area contributed by atoms with Crippen LogP contribution in [0.4, 0.5) is 0 Å². The van der Waals surface area contributed by atoms with Crippen LogP contribution in [0.2, 0.25) is 0 Å². The maximum absolute atomic E-state index is 5.57. The molecule has 0 aromatic carbocycles. The van der Waals surface area contributed by atoms with Crippen LogP contribution in [0.1, 0.15) is 38.9 Å². The first kappa shape index (κ1) is 12.8. The molecule has 96 valence electrons. The fourth-order valence-electron chi connectivity index (χ4n) is 2.43. The summed E-state index contributed by atoms with van der Waals surface area (Å²) in [6.45, 7) is 6.00. The number of H-pyrrole nitrogens is 1. The van der Waals surface area contributed by atoms with Gasteiger partial charge in [-0.2, -0.15) is 5.10 Å². The molecule has 0 bridgehead atoms. The summed E-state index contributed by atoms with van der Waals surface area (Å²) < 4.78 is 8.45. The molecule has 2 rings (SSSR count). The van der Waals surface area contributed by atoms with Crippen molar-refractivity contribution < 1.29 is 4.74 Å². The Morgan fingerprint density at radius 1 is 1.47 bits per heavy atom. The quantitative estimate of drug-likeness (QED) is 0.795. The number of hydrogen-bond acceptors (Lipinski definition) is 3. The maximum atomic E-state index is 5.57. The van der Waals surface area contributed by atoms with E-state index in [4.69, 9.17) is 17.0 Å². The third-order valence-electron chi connectivity index (χ3n) is 3.35. The number of aromatic nitrogens is 3. The van der Waals surface area contributed by atoms with Crippen molar-refractivity contribution in [1.82, 2.24) is 14.8 Å². The summed E-state index contributed by atoms with van der Waals surface area (Å²) >= 11 is 5.23. The Bertz CT molecular complexity index is 406. The van der Waals surface area contributed by atoms with Gasteiger partial charge in [0.25, 0.3) is 0 Å². The van der Waals surface area contributed by atoms with Crippen LogP contribution >= 0.6 is 12.2 Å². The minimum atomic E-state index is 0.478. The molecule has 0 radical (unpaired) electrons. The van der Waals surface area contributed by atoms with Crippen LogP contribution in [0, 0.1) is 10.7 Å². The number of ether oxygens (including phenoxy) is 1. The molecule has 1 saturated carbocycles. The minimum absolute atomic E-state index is 0.478. The molecule has 4 nitrogen and oxygen atoms in total. The van der Waals surface area contributed by atoms with Gasteiger partial charge in [-0.25, -0.2) is 0 Å². The van der Waals surface area contributed by atoms with Gasteiger partial charge in [0.05, 0.1) is 6.10 Å². The zero-order valence-corrected chi connectivity index (χ0v) is 11.4. The molecule has 1 N–H and O–H groups in total. The van der Waals surface area contributed by atoms with Crippen molar-refractivity contribution in [2.45, 2.75) is 52.2 Å². The summed E-state index contributed by atoms with van der Waals surface area (Å²) in [6, 6.07) is 0. The van der Waals surface area contributed by atoms with E-state index in [0.29, 0.717) is 12.0 Å². The van der Waals surface area contributed by atoms with E-state index in [1.54, 1.807) is 0 Å². The minimum Gasteiger partial charge on any atom is -0.378 e. The zero-order chi connectivity index (χ0) is 12.3. The molecule has 17 heavy (non-hydrogen) atoms. The third kappa shape index (κ3) is 2.96. The molecular formula is C12H21N3OS. The highest BCUT2D eigenvalue weighted by Gasteiger charge is 2.30. The van der Waals surface area contributed by atoms with Gasteiger partial charge >= 0.3 is 0 Å². The summed E-state index contributed by atoms with van der Waals surface area (Å²) in [4.78, 5) is 0. The van der Waals surface area contributed by atoms with Crippen molar-refractivity contribution >= 4 is 12.2 Å². The Labute approximate surface area is 107 Å². The summed E-state index contributed by atoms with van der Waals surface area (Å²) in [5.41, 5.74) is 0. The van der Waals surface area contributed by atoms with Crippen molar-refractivity contribution in [2.75, 3.05) is 6.61 Å². The Morgan fingerprint density at radius 3 is 2.88 bits per heavy atom. The lowest BCUT2D eigenvalue weighted by Gasteiger charge is -2.34. The fourth-order valence-corrected chi connectivity index (χ4v) is 2.67. The lowest BCUT2D eigenvalue weighted by Crippen LogP contribution is -2.33. The van der Waals surface area contributed by atoms with E-state index in [1.807, 2.05) is 0 Å². The van der Waals surface area contributed by atoms with E-state index in [2.05, 4.69) is 28.6 Å². The Hall–Kier alpha value is -0.680. The summed E-state index contributed by atoms with van der Waals surface area (Å²) in [5, 5.41) is 7.23. The van der Waals surface area contributed by atoms with Crippen molar-refractivity contribution in [1.29, 1.82) is 0 Å². The van der Waals surface area contributed by atoms with Crippen molar-refractivity contribution in [3.8, 4) is 0 Å². The van der Waals surface area contributed by atoms with Crippen LogP contribution in [0.3, 0.4) is 0 Å². The third-order valence-corrected chi connectivity index (χ3v) is 3.66. The highest BCUT2D eigenvalue weighted by Crippen LogP contribution is 2.32. The molecule has 0 spiro atoms. The maximum Gasteiger partial charge on any atom is 0.195 e. The average molecular weight is 255 g/mol. The first-order valence-electron chi connectivity index (χ1n) is 6.50. The van der Waals surface area contributed by atoms with Gasteiger partial charge in [-0.15, -0.1) is 0 Å². The first-order chi connectivity index (χ1) is 8.24. The Kier molecular flexibility index (Phi) is 4.34. The molecule has 0 aliphatic heterocycles. The van der Waals surface area contributed by atoms with Crippen LogP contribution in [0.25, 0.3) is 0 Å². The summed E-state index contributed by atoms with van der Waals surface area (Å²) in [6.07, 6.45) is 4.93. The first-order valence-corrected chi connectivity index (χ1v) is 6.91. The lowest BCUT2D eigenvalue weighted by molar-refractivity contribution is -0.0247. The van der Waals surface area contributed by atoms with Crippen molar-refractivity contribution in [3.63, 3.8) is 0 Å². The molecule has 1 fully saturated rings. The molecule has 1 heterocycles. The standard InChI is InChI=1S/C12H21N3OS/c1-3-5-15-11(13-14-12(15)17)8-9-6-10(7-9)16-4-2/h9-10H,3-8H2,1-2H3,(H,14,17). The molecule has 0 amide bonds. The van der Waals surface area contributed by atoms with Crippen LogP contribution in [-0.2, 0) is 17.7 Å². The molecule has 1 aliphatic rings. The van der Waals surface area contributed by atoms with Crippen molar-refractivity contribution in [3.05, 3.63) is 10.6 Å². The lowest BCUT2D eigenvalue weighted by atomic mass is 9.80. The summed E-state index contributed by atoms with van der Waals surface area (Å²) in [5.74, 6) is 1.82. The van der Waals surface area contributed by atoms with Gasteiger partial charge in [-0.1, -0.05) is 6.92 Å². The predicted molar refractivity (Wildman–Crippen MR) is 69.5 cm³/mol. The largest absolute Gasteiger partial charge is 0.378 e. The molecule has 1 aliphatic carbocycles. The molecule has 0 saturated heterocycles. The fraction of sp³-hybridized carbons (Fsp3) is 0.833. The number of rotatable bonds is 6. The smallest absolute Gasteiger partial charge is 0.195 e. The van der Waals surface area contributed by atoms with Crippen LogP contribution in [0.15, 0.2) is 0 Å². The second-order valence-corrected chi connectivity index (χ2v) is 5.10. The highest BCUT2D eigenvalue weighted by atomic mass is 32.1. The average Bonchev–Trinajstić information content (AvgIpc) is 2.59. The van der Waals surface area contributed by atoms with Gasteiger partial charge in [0.15, 0.2) is 4.77 Å². The topological polar surface area (TPSA) is 42.8 Å². The molecule has 1 aromatic rings. The van der Waals surface area contributed by atoms with E-state index in [0.717, 1.165) is 36.6 Å². The normalized spacial score (nSPS) is 23.6. The second kappa shape index (κ2) is 5.78. The van der Waals surface area contributed by atoms with E-state index in [9.17, 15) is 0 Å². The van der Waals surface area contributed by atoms with Crippen molar-refractivity contribution in [2.24, 2.45) is 5.92 Å². The van der Waals surface area contributed by atoms with E-state index < -0.39 is 0 Å². The Balaban J connectivity index is 1.90. The van der Waals surface area contributed by atoms with E-state index in [1.165, 1.54) is 12.8 Å². The number of nitrogens with zero attached hydrogens (tertiary/aromatic N) is 2. The van der Waals surface area contributed by atoms with Crippen LogP contribution < -0.4 is 0 Å². The number of nitrogens with one attached hydrogen (secondary N) is 1. The summed E-state index contributed by atoms with van der Waals surface area (Å²) in [7, 11) is 0. The monoisotopic (exact) mass is 255 g/mol. The van der Waals surface area contributed by atoms with Gasteiger partial charge in [0.2, 0.25) is 0 Å². The molecule has 0 unspecified atom stereocenters. The molecule has 0 atom stereocenters. The Morgan fingerprint density at radius 2 is 2.24 bits per heavy atom. The van der Waals surface area contributed by atoms with E-state index in [-0.39, 0.29) is 0 Å². The SMILES string of the molecule is CCCn1c(CC2CC(OCC)C2)n[nH]c1=S. The zero-order valence-electron chi connectivity index (χ0n) is 10.6. The molecule has 1 aromatic heterocycles. The van der Waals surface area contributed by atoms with Gasteiger partial charge in [0, 0.05) is 19.6 Å². The highest BCUT2D eigenvalue weighted by molar-refractivity contribution is 7.71. The van der Waals surface area contributed by atoms with Crippen LogP contribution in [-0.4, -0.2) is 27.5 Å². The van der Waals surface area contributed by atoms with Gasteiger partial charge in [-0.05, 0) is 44.3 Å². The van der Waals surface area contributed by atoms with E-state index >= 15 is 0 Å². The number of aromatic amines is 1. The predicted octanol–water partition coefficient (Wildman–Crippen LogP) is 2.71. The van der Waals surface area contributed by atoms with Gasteiger partial charge in [-0.3, -0.25) is 5.10 Å².